The summed E-state index contributed by atoms with van der Waals surface area (Å²) < 4.78 is 10.3. The minimum Gasteiger partial charge on any atom is -0.497 e. The third-order valence-corrected chi connectivity index (χ3v) is 3.77. The molecule has 24 heavy (non-hydrogen) atoms. The number of carbonyl (C=O) groups is 1. The van der Waals surface area contributed by atoms with Crippen LogP contribution in [0.25, 0.3) is 0 Å². The summed E-state index contributed by atoms with van der Waals surface area (Å²) in [7, 11) is 3.20. The predicted molar refractivity (Wildman–Crippen MR) is 96.2 cm³/mol. The van der Waals surface area contributed by atoms with Crippen molar-refractivity contribution >= 4 is 23.2 Å². The molecule has 0 aliphatic heterocycles. The Hall–Kier alpha value is -2.40. The molecule has 0 unspecified atom stereocenters. The Morgan fingerprint density at radius 1 is 1.12 bits per heavy atom. The first kappa shape index (κ1) is 17.9. The highest BCUT2D eigenvalue weighted by Crippen LogP contribution is 2.26. The highest BCUT2D eigenvalue weighted by Gasteiger charge is 2.04. The summed E-state index contributed by atoms with van der Waals surface area (Å²) in [5.74, 6) is 1.34. The topological polar surface area (TPSA) is 59.6 Å². The van der Waals surface area contributed by atoms with E-state index in [1.54, 1.807) is 26.4 Å². The zero-order chi connectivity index (χ0) is 17.4. The van der Waals surface area contributed by atoms with E-state index in [1.165, 1.54) is 0 Å². The Morgan fingerprint density at radius 2 is 1.96 bits per heavy atom. The van der Waals surface area contributed by atoms with Crippen molar-refractivity contribution in [2.75, 3.05) is 32.6 Å². The molecule has 2 rings (SSSR count). The number of rotatable bonds is 8. The lowest BCUT2D eigenvalue weighted by Gasteiger charge is -2.10. The monoisotopic (exact) mass is 348 g/mol. The zero-order valence-corrected chi connectivity index (χ0v) is 14.5. The number of nitrogens with one attached hydrogen (secondary N) is 2. The number of ether oxygens (including phenoxy) is 2. The van der Waals surface area contributed by atoms with Gasteiger partial charge < -0.3 is 20.1 Å². The number of hydrogen-bond donors (Lipinski definition) is 2. The van der Waals surface area contributed by atoms with Gasteiger partial charge in [-0.25, -0.2) is 0 Å². The van der Waals surface area contributed by atoms with E-state index < -0.39 is 0 Å². The molecule has 1 amide bonds. The summed E-state index contributed by atoms with van der Waals surface area (Å²) in [6.07, 6.45) is 0.747. The second-order valence-corrected chi connectivity index (χ2v) is 5.56. The molecule has 2 aromatic rings. The largest absolute Gasteiger partial charge is 0.497 e. The lowest BCUT2D eigenvalue weighted by atomic mass is 10.1. The van der Waals surface area contributed by atoms with Crippen LogP contribution in [0.15, 0.2) is 42.5 Å². The Balaban J connectivity index is 1.74. The summed E-state index contributed by atoms with van der Waals surface area (Å²) in [6.45, 7) is 0.748. The summed E-state index contributed by atoms with van der Waals surface area (Å²) in [6, 6.07) is 13.1. The summed E-state index contributed by atoms with van der Waals surface area (Å²) in [5.41, 5.74) is 1.88. The van der Waals surface area contributed by atoms with Gasteiger partial charge in [0, 0.05) is 12.2 Å². The highest BCUT2D eigenvalue weighted by atomic mass is 35.5. The molecule has 0 aliphatic carbocycles. The Kier molecular flexibility index (Phi) is 6.75. The first-order valence-corrected chi connectivity index (χ1v) is 7.97. The average Bonchev–Trinajstić information content (AvgIpc) is 2.60. The Morgan fingerprint density at radius 3 is 2.67 bits per heavy atom. The van der Waals surface area contributed by atoms with E-state index in [0.717, 1.165) is 23.4 Å². The third kappa shape index (κ3) is 5.35. The average molecular weight is 349 g/mol. The third-order valence-electron chi connectivity index (χ3n) is 3.47. The number of benzene rings is 2. The van der Waals surface area contributed by atoms with Crippen LogP contribution in [0.2, 0.25) is 5.02 Å². The van der Waals surface area contributed by atoms with Crippen LogP contribution in [0.5, 0.6) is 11.5 Å². The maximum atomic E-state index is 11.9. The van der Waals surface area contributed by atoms with Gasteiger partial charge in [-0.15, -0.1) is 0 Å². The molecule has 5 nitrogen and oxygen atoms in total. The van der Waals surface area contributed by atoms with E-state index in [0.29, 0.717) is 17.3 Å². The minimum atomic E-state index is -0.0789. The van der Waals surface area contributed by atoms with Gasteiger partial charge in [0.25, 0.3) is 0 Å². The Labute approximate surface area is 146 Å². The van der Waals surface area contributed by atoms with Crippen LogP contribution >= 0.6 is 11.6 Å². The number of halogens is 1. The molecule has 0 saturated heterocycles. The lowest BCUT2D eigenvalue weighted by molar-refractivity contribution is -0.119. The molecule has 0 heterocycles. The molecule has 0 aromatic heterocycles. The number of hydrogen-bond acceptors (Lipinski definition) is 4. The van der Waals surface area contributed by atoms with E-state index in [9.17, 15) is 4.79 Å². The van der Waals surface area contributed by atoms with Crippen molar-refractivity contribution in [3.63, 3.8) is 0 Å². The van der Waals surface area contributed by atoms with E-state index in [-0.39, 0.29) is 12.5 Å². The standard InChI is InChI=1S/C18H21ClN2O3/c1-23-15-5-3-4-13(10-15)8-9-20-18(22)12-21-14-6-7-17(24-2)16(19)11-14/h3-7,10-11,21H,8-9,12H2,1-2H3,(H,20,22). The van der Waals surface area contributed by atoms with Crippen molar-refractivity contribution in [3.05, 3.63) is 53.1 Å². The number of methoxy groups -OCH3 is 2. The quantitative estimate of drug-likeness (QED) is 0.769. The van der Waals surface area contributed by atoms with Gasteiger partial charge in [0.2, 0.25) is 5.91 Å². The molecule has 0 atom stereocenters. The van der Waals surface area contributed by atoms with Crippen LogP contribution in [0.3, 0.4) is 0 Å². The van der Waals surface area contributed by atoms with Crippen LogP contribution in [0, 0.1) is 0 Å². The van der Waals surface area contributed by atoms with E-state index >= 15 is 0 Å². The van der Waals surface area contributed by atoms with Crippen molar-refractivity contribution in [1.82, 2.24) is 5.32 Å². The fourth-order valence-electron chi connectivity index (χ4n) is 2.20. The fourth-order valence-corrected chi connectivity index (χ4v) is 2.45. The van der Waals surface area contributed by atoms with E-state index in [2.05, 4.69) is 10.6 Å². The molecule has 0 fully saturated rings. The van der Waals surface area contributed by atoms with E-state index in [1.807, 2.05) is 30.3 Å². The van der Waals surface area contributed by atoms with Crippen molar-refractivity contribution in [3.8, 4) is 11.5 Å². The normalized spacial score (nSPS) is 10.1. The first-order chi connectivity index (χ1) is 11.6. The molecule has 0 spiro atoms. The molecule has 0 aliphatic rings. The first-order valence-electron chi connectivity index (χ1n) is 7.59. The van der Waals surface area contributed by atoms with Gasteiger partial charge in [-0.1, -0.05) is 23.7 Å². The smallest absolute Gasteiger partial charge is 0.239 e. The molecular formula is C18H21ClN2O3. The van der Waals surface area contributed by atoms with Gasteiger partial charge >= 0.3 is 0 Å². The zero-order valence-electron chi connectivity index (χ0n) is 13.8. The summed E-state index contributed by atoms with van der Waals surface area (Å²) in [4.78, 5) is 11.9. The molecule has 0 bridgehead atoms. The lowest BCUT2D eigenvalue weighted by Crippen LogP contribution is -2.31. The van der Waals surface area contributed by atoms with Gasteiger partial charge in [-0.2, -0.15) is 0 Å². The van der Waals surface area contributed by atoms with Crippen LogP contribution in [-0.4, -0.2) is 33.2 Å². The maximum Gasteiger partial charge on any atom is 0.239 e. The van der Waals surface area contributed by atoms with Crippen molar-refractivity contribution in [1.29, 1.82) is 0 Å². The van der Waals surface area contributed by atoms with Crippen LogP contribution in [-0.2, 0) is 11.2 Å². The highest BCUT2D eigenvalue weighted by molar-refractivity contribution is 6.32. The SMILES string of the molecule is COc1cccc(CCNC(=O)CNc2ccc(OC)c(Cl)c2)c1. The second-order valence-electron chi connectivity index (χ2n) is 5.15. The molecule has 2 aromatic carbocycles. The van der Waals surface area contributed by atoms with Crippen molar-refractivity contribution < 1.29 is 14.3 Å². The molecular weight excluding hydrogens is 328 g/mol. The second kappa shape index (κ2) is 9.03. The summed E-state index contributed by atoms with van der Waals surface area (Å²) >= 11 is 6.05. The predicted octanol–water partition coefficient (Wildman–Crippen LogP) is 3.13. The van der Waals surface area contributed by atoms with Crippen molar-refractivity contribution in [2.45, 2.75) is 6.42 Å². The van der Waals surface area contributed by atoms with Gasteiger partial charge in [0.05, 0.1) is 25.8 Å². The molecule has 128 valence electrons. The van der Waals surface area contributed by atoms with Crippen LogP contribution in [0.4, 0.5) is 5.69 Å². The molecule has 0 radical (unpaired) electrons. The van der Waals surface area contributed by atoms with Gasteiger partial charge in [0.15, 0.2) is 0 Å². The number of carbonyl (C=O) groups excluding carboxylic acids is 1. The molecule has 0 saturated carbocycles. The fraction of sp³-hybridized carbons (Fsp3) is 0.278. The minimum absolute atomic E-state index is 0.0789. The van der Waals surface area contributed by atoms with Gasteiger partial charge in [-0.05, 0) is 42.3 Å². The molecule has 6 heteroatoms. The Bertz CT molecular complexity index is 692. The number of amides is 1. The maximum absolute atomic E-state index is 11.9. The van der Waals surface area contributed by atoms with Gasteiger partial charge in [-0.3, -0.25) is 4.79 Å². The van der Waals surface area contributed by atoms with Crippen molar-refractivity contribution in [2.24, 2.45) is 0 Å². The summed E-state index contributed by atoms with van der Waals surface area (Å²) in [5, 5.41) is 6.41. The van der Waals surface area contributed by atoms with Crippen LogP contribution in [0.1, 0.15) is 5.56 Å². The van der Waals surface area contributed by atoms with Gasteiger partial charge in [0.1, 0.15) is 11.5 Å². The van der Waals surface area contributed by atoms with E-state index in [4.69, 9.17) is 21.1 Å². The van der Waals surface area contributed by atoms with Crippen LogP contribution < -0.4 is 20.1 Å². The number of anilines is 1. The molecule has 2 N–H and O–H groups in total.